The summed E-state index contributed by atoms with van der Waals surface area (Å²) < 4.78 is 0. The fraction of sp³-hybridized carbons (Fsp3) is 0. The van der Waals surface area contributed by atoms with E-state index < -0.39 is 0 Å². The second-order valence-electron chi connectivity index (χ2n) is 1.59. The Labute approximate surface area is 72.6 Å². The highest BCUT2D eigenvalue weighted by Crippen LogP contribution is 2.24. The third-order valence-electron chi connectivity index (χ3n) is 0.958. The van der Waals surface area contributed by atoms with E-state index in [1.54, 1.807) is 0 Å². The molecule has 1 heterocycles. The van der Waals surface area contributed by atoms with E-state index in [0.29, 0.717) is 6.41 Å². The van der Waals surface area contributed by atoms with Crippen LogP contribution in [0.2, 0.25) is 10.3 Å². The molecule has 1 aromatic heterocycles. The monoisotopic (exact) mass is 191 g/mol. The van der Waals surface area contributed by atoms with Crippen LogP contribution >= 0.6 is 23.2 Å². The Hall–Kier alpha value is -0.870. The van der Waals surface area contributed by atoms with Crippen molar-refractivity contribution in [1.82, 2.24) is 9.97 Å². The summed E-state index contributed by atoms with van der Waals surface area (Å²) in [6, 6.07) is 0. The molecule has 0 unspecified atom stereocenters. The molecule has 0 atom stereocenters. The van der Waals surface area contributed by atoms with Crippen molar-refractivity contribution < 1.29 is 4.79 Å². The summed E-state index contributed by atoms with van der Waals surface area (Å²) in [6.45, 7) is 0. The normalized spacial score (nSPS) is 9.27. The molecule has 0 aliphatic carbocycles. The highest BCUT2D eigenvalue weighted by molar-refractivity contribution is 6.37. The zero-order valence-corrected chi connectivity index (χ0v) is 6.73. The average Bonchev–Trinajstić information content (AvgIpc) is 1.97. The molecule has 58 valence electrons. The standard InChI is InChI=1S/C5H3Cl2N3O/c6-4-3(10-2-11)5(7)9-1-8-4/h1-2H,(H,10,11). The molecule has 0 aromatic carbocycles. The molecule has 0 spiro atoms. The number of carbonyl (C=O) groups is 1. The fourth-order valence-electron chi connectivity index (χ4n) is 0.522. The van der Waals surface area contributed by atoms with Gasteiger partial charge in [-0.05, 0) is 0 Å². The van der Waals surface area contributed by atoms with Crippen molar-refractivity contribution in [3.63, 3.8) is 0 Å². The zero-order chi connectivity index (χ0) is 8.27. The van der Waals surface area contributed by atoms with E-state index in [0.717, 1.165) is 0 Å². The number of nitrogens with zero attached hydrogens (tertiary/aromatic N) is 2. The van der Waals surface area contributed by atoms with Gasteiger partial charge < -0.3 is 5.32 Å². The van der Waals surface area contributed by atoms with Gasteiger partial charge in [-0.15, -0.1) is 0 Å². The summed E-state index contributed by atoms with van der Waals surface area (Å²) in [6.07, 6.45) is 1.66. The van der Waals surface area contributed by atoms with Gasteiger partial charge in [-0.25, -0.2) is 9.97 Å². The van der Waals surface area contributed by atoms with E-state index in [9.17, 15) is 4.79 Å². The van der Waals surface area contributed by atoms with Crippen molar-refractivity contribution >= 4 is 35.3 Å². The van der Waals surface area contributed by atoms with E-state index >= 15 is 0 Å². The van der Waals surface area contributed by atoms with Gasteiger partial charge in [0.1, 0.15) is 12.0 Å². The van der Waals surface area contributed by atoms with Crippen LogP contribution in [-0.2, 0) is 4.79 Å². The topological polar surface area (TPSA) is 54.9 Å². The SMILES string of the molecule is O=CNc1c(Cl)ncnc1Cl. The fourth-order valence-corrected chi connectivity index (χ4v) is 0.946. The lowest BCUT2D eigenvalue weighted by Gasteiger charge is -2.00. The molecule has 0 fully saturated rings. The molecule has 0 saturated heterocycles. The van der Waals surface area contributed by atoms with Gasteiger partial charge in [-0.2, -0.15) is 0 Å². The number of carbonyl (C=O) groups excluding carboxylic acids is 1. The van der Waals surface area contributed by atoms with Crippen LogP contribution < -0.4 is 5.32 Å². The Morgan fingerprint density at radius 1 is 1.36 bits per heavy atom. The summed E-state index contributed by atoms with van der Waals surface area (Å²) in [7, 11) is 0. The third-order valence-corrected chi connectivity index (χ3v) is 1.53. The van der Waals surface area contributed by atoms with Crippen LogP contribution in [0, 0.1) is 0 Å². The Bertz CT molecular complexity index is 258. The molecular weight excluding hydrogens is 189 g/mol. The van der Waals surface area contributed by atoms with Gasteiger partial charge in [0.05, 0.1) is 0 Å². The van der Waals surface area contributed by atoms with Crippen LogP contribution in [0.5, 0.6) is 0 Å². The number of nitrogens with one attached hydrogen (secondary N) is 1. The van der Waals surface area contributed by atoms with E-state index in [-0.39, 0.29) is 16.0 Å². The second kappa shape index (κ2) is 3.50. The van der Waals surface area contributed by atoms with Crippen LogP contribution in [0.1, 0.15) is 0 Å². The maximum absolute atomic E-state index is 9.99. The maximum atomic E-state index is 9.99. The first kappa shape index (κ1) is 8.23. The molecule has 0 aliphatic rings. The van der Waals surface area contributed by atoms with E-state index in [1.165, 1.54) is 6.33 Å². The Morgan fingerprint density at radius 3 is 2.36 bits per heavy atom. The van der Waals surface area contributed by atoms with Crippen LogP contribution in [0.3, 0.4) is 0 Å². The number of aromatic nitrogens is 2. The molecule has 0 aliphatic heterocycles. The van der Waals surface area contributed by atoms with E-state index in [1.807, 2.05) is 0 Å². The largest absolute Gasteiger partial charge is 0.324 e. The average molecular weight is 192 g/mol. The van der Waals surface area contributed by atoms with Gasteiger partial charge >= 0.3 is 0 Å². The first-order valence-electron chi connectivity index (χ1n) is 2.62. The van der Waals surface area contributed by atoms with Crippen LogP contribution in [0.15, 0.2) is 6.33 Å². The maximum Gasteiger partial charge on any atom is 0.211 e. The molecule has 6 heteroatoms. The van der Waals surface area contributed by atoms with Crippen molar-refractivity contribution in [3.05, 3.63) is 16.6 Å². The molecule has 1 rings (SSSR count). The number of hydrogen-bond acceptors (Lipinski definition) is 3. The minimum atomic E-state index is 0.122. The Kier molecular flexibility index (Phi) is 2.62. The van der Waals surface area contributed by atoms with Crippen LogP contribution in [0.25, 0.3) is 0 Å². The molecule has 4 nitrogen and oxygen atoms in total. The van der Waals surface area contributed by atoms with Crippen molar-refractivity contribution in [2.45, 2.75) is 0 Å². The third kappa shape index (κ3) is 1.78. The first-order chi connectivity index (χ1) is 5.25. The van der Waals surface area contributed by atoms with Gasteiger partial charge in [-0.1, -0.05) is 23.2 Å². The Balaban J connectivity index is 3.09. The van der Waals surface area contributed by atoms with Crippen molar-refractivity contribution in [1.29, 1.82) is 0 Å². The molecule has 0 radical (unpaired) electrons. The Morgan fingerprint density at radius 2 is 1.91 bits per heavy atom. The number of halogens is 2. The highest BCUT2D eigenvalue weighted by atomic mass is 35.5. The number of hydrogen-bond donors (Lipinski definition) is 1. The molecular formula is C5H3Cl2N3O. The van der Waals surface area contributed by atoms with Gasteiger partial charge in [-0.3, -0.25) is 4.79 Å². The highest BCUT2D eigenvalue weighted by Gasteiger charge is 2.05. The lowest BCUT2D eigenvalue weighted by molar-refractivity contribution is -0.105. The predicted octanol–water partition coefficient (Wildman–Crippen LogP) is 1.35. The van der Waals surface area contributed by atoms with Gasteiger partial charge in [0, 0.05) is 0 Å². The van der Waals surface area contributed by atoms with Gasteiger partial charge in [0.15, 0.2) is 10.3 Å². The summed E-state index contributed by atoms with van der Waals surface area (Å²) in [5, 5.41) is 2.52. The quantitative estimate of drug-likeness (QED) is 0.568. The predicted molar refractivity (Wildman–Crippen MR) is 41.7 cm³/mol. The summed E-state index contributed by atoms with van der Waals surface area (Å²) >= 11 is 11.1. The number of amides is 1. The number of anilines is 1. The molecule has 0 saturated carbocycles. The molecule has 11 heavy (non-hydrogen) atoms. The summed E-state index contributed by atoms with van der Waals surface area (Å²) in [5.41, 5.74) is 0.228. The van der Waals surface area contributed by atoms with Crippen LogP contribution in [-0.4, -0.2) is 16.4 Å². The van der Waals surface area contributed by atoms with Crippen molar-refractivity contribution in [3.8, 4) is 0 Å². The van der Waals surface area contributed by atoms with E-state index in [4.69, 9.17) is 23.2 Å². The molecule has 1 amide bonds. The van der Waals surface area contributed by atoms with Crippen molar-refractivity contribution in [2.24, 2.45) is 0 Å². The molecule has 1 N–H and O–H groups in total. The minimum Gasteiger partial charge on any atom is -0.324 e. The molecule has 1 aromatic rings. The summed E-state index contributed by atoms with van der Waals surface area (Å²) in [5.74, 6) is 0. The van der Waals surface area contributed by atoms with Gasteiger partial charge in [0.2, 0.25) is 6.41 Å². The smallest absolute Gasteiger partial charge is 0.211 e. The van der Waals surface area contributed by atoms with Gasteiger partial charge in [0.25, 0.3) is 0 Å². The lowest BCUT2D eigenvalue weighted by atomic mass is 10.5. The van der Waals surface area contributed by atoms with Crippen molar-refractivity contribution in [2.75, 3.05) is 5.32 Å². The first-order valence-corrected chi connectivity index (χ1v) is 3.37. The summed E-state index contributed by atoms with van der Waals surface area (Å²) in [4.78, 5) is 17.2. The van der Waals surface area contributed by atoms with E-state index in [2.05, 4.69) is 15.3 Å². The minimum absolute atomic E-state index is 0.122. The lowest BCUT2D eigenvalue weighted by Crippen LogP contribution is -1.98. The number of rotatable bonds is 2. The zero-order valence-electron chi connectivity index (χ0n) is 5.21. The van der Waals surface area contributed by atoms with Crippen LogP contribution in [0.4, 0.5) is 5.69 Å². The second-order valence-corrected chi connectivity index (χ2v) is 2.31. The molecule has 0 bridgehead atoms.